The van der Waals surface area contributed by atoms with E-state index in [-0.39, 0.29) is 0 Å². The molecule has 0 atom stereocenters. The fourth-order valence-electron chi connectivity index (χ4n) is 3.52. The van der Waals surface area contributed by atoms with Crippen molar-refractivity contribution in [2.24, 2.45) is 7.05 Å². The molecular weight excluding hydrogens is 286 g/mol. The first kappa shape index (κ1) is 14.5. The minimum Gasteiger partial charge on any atom is -0.326 e. The summed E-state index contributed by atoms with van der Waals surface area (Å²) in [6, 6.07) is 10.5. The van der Waals surface area contributed by atoms with Crippen molar-refractivity contribution in [1.29, 1.82) is 0 Å². The SMILES string of the molecule is CCCN1CCCn2nc(-c3nc4ccccc4n3C)cc2C1. The molecule has 1 aliphatic rings. The summed E-state index contributed by atoms with van der Waals surface area (Å²) in [7, 11) is 2.07. The van der Waals surface area contributed by atoms with Crippen LogP contribution in [0.1, 0.15) is 25.5 Å². The van der Waals surface area contributed by atoms with Gasteiger partial charge in [-0.15, -0.1) is 0 Å². The van der Waals surface area contributed by atoms with Crippen LogP contribution in [0.4, 0.5) is 0 Å². The molecule has 0 radical (unpaired) electrons. The van der Waals surface area contributed by atoms with Crippen LogP contribution in [0.25, 0.3) is 22.6 Å². The van der Waals surface area contributed by atoms with Gasteiger partial charge in [0.15, 0.2) is 5.82 Å². The molecule has 4 rings (SSSR count). The maximum absolute atomic E-state index is 4.84. The standard InChI is InChI=1S/C18H23N5/c1-3-9-22-10-6-11-23-14(13-22)12-16(20-23)18-19-15-7-4-5-8-17(15)21(18)2/h4-5,7-8,12H,3,6,9-11,13H2,1-2H3. The summed E-state index contributed by atoms with van der Waals surface area (Å²) in [6.07, 6.45) is 2.36. The van der Waals surface area contributed by atoms with Crippen molar-refractivity contribution in [2.75, 3.05) is 13.1 Å². The average Bonchev–Trinajstić information content (AvgIpc) is 3.04. The molecule has 0 bridgehead atoms. The summed E-state index contributed by atoms with van der Waals surface area (Å²) in [5, 5.41) is 4.84. The molecule has 2 aromatic heterocycles. The van der Waals surface area contributed by atoms with Gasteiger partial charge >= 0.3 is 0 Å². The van der Waals surface area contributed by atoms with Crippen LogP contribution in [-0.2, 0) is 20.1 Å². The number of imidazole rings is 1. The second kappa shape index (κ2) is 5.81. The zero-order valence-electron chi connectivity index (χ0n) is 13.9. The summed E-state index contributed by atoms with van der Waals surface area (Å²) in [6.45, 7) is 6.56. The Labute approximate surface area is 136 Å². The lowest BCUT2D eigenvalue weighted by Gasteiger charge is -2.17. The fraction of sp³-hybridized carbons (Fsp3) is 0.444. The monoisotopic (exact) mass is 309 g/mol. The van der Waals surface area contributed by atoms with Gasteiger partial charge in [0.1, 0.15) is 5.69 Å². The third kappa shape index (κ3) is 2.55. The lowest BCUT2D eigenvalue weighted by Crippen LogP contribution is -2.23. The average molecular weight is 309 g/mol. The zero-order valence-corrected chi connectivity index (χ0v) is 13.9. The van der Waals surface area contributed by atoms with Gasteiger partial charge < -0.3 is 4.57 Å². The number of rotatable bonds is 3. The number of para-hydroxylation sites is 2. The van der Waals surface area contributed by atoms with Crippen molar-refractivity contribution >= 4 is 11.0 Å². The van der Waals surface area contributed by atoms with Crippen LogP contribution in [0.5, 0.6) is 0 Å². The number of fused-ring (bicyclic) bond motifs is 2. The lowest BCUT2D eigenvalue weighted by molar-refractivity contribution is 0.270. The first-order chi connectivity index (χ1) is 11.3. The summed E-state index contributed by atoms with van der Waals surface area (Å²) in [4.78, 5) is 7.31. The van der Waals surface area contributed by atoms with Crippen molar-refractivity contribution in [3.8, 4) is 11.5 Å². The van der Waals surface area contributed by atoms with Crippen molar-refractivity contribution < 1.29 is 0 Å². The normalized spacial score (nSPS) is 15.7. The van der Waals surface area contributed by atoms with Gasteiger partial charge in [0, 0.05) is 26.7 Å². The van der Waals surface area contributed by atoms with Crippen molar-refractivity contribution in [3.63, 3.8) is 0 Å². The Bertz CT molecular complexity index is 829. The number of aromatic nitrogens is 4. The summed E-state index contributed by atoms with van der Waals surface area (Å²) in [5.41, 5.74) is 4.47. The van der Waals surface area contributed by atoms with E-state index in [1.807, 2.05) is 6.07 Å². The molecule has 1 aliphatic heterocycles. The van der Waals surface area contributed by atoms with E-state index in [2.05, 4.69) is 52.4 Å². The summed E-state index contributed by atoms with van der Waals surface area (Å²) in [5.74, 6) is 0.953. The molecule has 0 aliphatic carbocycles. The third-order valence-corrected chi connectivity index (χ3v) is 4.65. The molecule has 0 spiro atoms. The molecule has 3 aromatic rings. The number of hydrogen-bond donors (Lipinski definition) is 0. The van der Waals surface area contributed by atoms with Crippen LogP contribution in [0.15, 0.2) is 30.3 Å². The summed E-state index contributed by atoms with van der Waals surface area (Å²) >= 11 is 0. The van der Waals surface area contributed by atoms with Crippen LogP contribution >= 0.6 is 0 Å². The minimum absolute atomic E-state index is 0.953. The number of nitrogens with zero attached hydrogens (tertiary/aromatic N) is 5. The van der Waals surface area contributed by atoms with Crippen LogP contribution < -0.4 is 0 Å². The van der Waals surface area contributed by atoms with E-state index in [0.29, 0.717) is 0 Å². The minimum atomic E-state index is 0.953. The molecule has 0 fully saturated rings. The zero-order chi connectivity index (χ0) is 15.8. The van der Waals surface area contributed by atoms with E-state index < -0.39 is 0 Å². The molecule has 5 nitrogen and oxygen atoms in total. The first-order valence-electron chi connectivity index (χ1n) is 8.47. The fourth-order valence-corrected chi connectivity index (χ4v) is 3.52. The van der Waals surface area contributed by atoms with Crippen LogP contribution in [0.3, 0.4) is 0 Å². The second-order valence-corrected chi connectivity index (χ2v) is 6.36. The highest BCUT2D eigenvalue weighted by Gasteiger charge is 2.19. The smallest absolute Gasteiger partial charge is 0.161 e. The van der Waals surface area contributed by atoms with Gasteiger partial charge in [-0.25, -0.2) is 4.98 Å². The molecule has 0 saturated heterocycles. The molecule has 3 heterocycles. The maximum atomic E-state index is 4.84. The van der Waals surface area contributed by atoms with Gasteiger partial charge in [0.05, 0.1) is 16.7 Å². The topological polar surface area (TPSA) is 38.9 Å². The highest BCUT2D eigenvalue weighted by Crippen LogP contribution is 2.25. The van der Waals surface area contributed by atoms with E-state index in [1.165, 1.54) is 18.7 Å². The van der Waals surface area contributed by atoms with E-state index >= 15 is 0 Å². The number of benzene rings is 1. The number of hydrogen-bond acceptors (Lipinski definition) is 3. The molecule has 120 valence electrons. The molecule has 0 saturated carbocycles. The molecular formula is C18H23N5. The third-order valence-electron chi connectivity index (χ3n) is 4.65. The number of aryl methyl sites for hydroxylation is 2. The van der Waals surface area contributed by atoms with Crippen molar-refractivity contribution in [2.45, 2.75) is 32.9 Å². The lowest BCUT2D eigenvalue weighted by atomic mass is 10.3. The molecule has 23 heavy (non-hydrogen) atoms. The second-order valence-electron chi connectivity index (χ2n) is 6.36. The molecule has 1 aromatic carbocycles. The van der Waals surface area contributed by atoms with Crippen LogP contribution in [0.2, 0.25) is 0 Å². The van der Waals surface area contributed by atoms with Gasteiger partial charge in [0.2, 0.25) is 0 Å². The predicted octanol–water partition coefficient (Wildman–Crippen LogP) is 3.05. The molecule has 0 amide bonds. The van der Waals surface area contributed by atoms with Gasteiger partial charge in [0.25, 0.3) is 0 Å². The molecule has 0 unspecified atom stereocenters. The Morgan fingerprint density at radius 3 is 2.87 bits per heavy atom. The summed E-state index contributed by atoms with van der Waals surface area (Å²) < 4.78 is 4.31. The van der Waals surface area contributed by atoms with E-state index in [4.69, 9.17) is 10.1 Å². The van der Waals surface area contributed by atoms with E-state index in [9.17, 15) is 0 Å². The molecule has 0 N–H and O–H groups in total. The Kier molecular flexibility index (Phi) is 3.65. The van der Waals surface area contributed by atoms with Gasteiger partial charge in [-0.3, -0.25) is 9.58 Å². The Hall–Kier alpha value is -2.14. The van der Waals surface area contributed by atoms with Crippen LogP contribution in [0, 0.1) is 0 Å². The van der Waals surface area contributed by atoms with Gasteiger partial charge in [-0.05, 0) is 37.6 Å². The van der Waals surface area contributed by atoms with Gasteiger partial charge in [-0.1, -0.05) is 19.1 Å². The van der Waals surface area contributed by atoms with E-state index in [0.717, 1.165) is 48.6 Å². The Morgan fingerprint density at radius 2 is 2.04 bits per heavy atom. The van der Waals surface area contributed by atoms with Gasteiger partial charge in [-0.2, -0.15) is 5.10 Å². The van der Waals surface area contributed by atoms with Crippen molar-refractivity contribution in [3.05, 3.63) is 36.0 Å². The highest BCUT2D eigenvalue weighted by atomic mass is 15.3. The first-order valence-corrected chi connectivity index (χ1v) is 8.47. The van der Waals surface area contributed by atoms with Crippen molar-refractivity contribution in [1.82, 2.24) is 24.2 Å². The van der Waals surface area contributed by atoms with Crippen LogP contribution in [-0.4, -0.2) is 37.3 Å². The largest absolute Gasteiger partial charge is 0.326 e. The Morgan fingerprint density at radius 1 is 1.17 bits per heavy atom. The van der Waals surface area contributed by atoms with E-state index in [1.54, 1.807) is 0 Å². The Balaban J connectivity index is 1.73. The predicted molar refractivity (Wildman–Crippen MR) is 92.1 cm³/mol. The highest BCUT2D eigenvalue weighted by molar-refractivity contribution is 5.79. The molecule has 5 heteroatoms. The maximum Gasteiger partial charge on any atom is 0.161 e. The quantitative estimate of drug-likeness (QED) is 0.746.